The predicted octanol–water partition coefficient (Wildman–Crippen LogP) is 2.92. The van der Waals surface area contributed by atoms with Crippen LogP contribution in [0.5, 0.6) is 0 Å². The van der Waals surface area contributed by atoms with E-state index < -0.39 is 0 Å². The van der Waals surface area contributed by atoms with E-state index >= 15 is 0 Å². The topological polar surface area (TPSA) is 12.9 Å². The van der Waals surface area contributed by atoms with Gasteiger partial charge >= 0.3 is 0 Å². The van der Waals surface area contributed by atoms with Gasteiger partial charge in [0, 0.05) is 5.56 Å². The zero-order valence-electron chi connectivity index (χ0n) is 8.35. The Morgan fingerprint density at radius 2 is 1.80 bits per heavy atom. The van der Waals surface area contributed by atoms with Crippen LogP contribution in [0.25, 0.3) is 11.3 Å². The first-order valence-electron chi connectivity index (χ1n) is 4.85. The number of hydrogen-bond donors (Lipinski definition) is 0. The molecular weight excluding hydrogens is 182 g/mol. The minimum absolute atomic E-state index is 0.584. The van der Waals surface area contributed by atoms with E-state index in [2.05, 4.69) is 10.9 Å². The van der Waals surface area contributed by atoms with Crippen LogP contribution in [0.1, 0.15) is 5.69 Å². The highest BCUT2D eigenvalue weighted by molar-refractivity contribution is 5.58. The second-order valence-corrected chi connectivity index (χ2v) is 3.26. The van der Waals surface area contributed by atoms with Crippen molar-refractivity contribution in [1.29, 1.82) is 0 Å². The average Bonchev–Trinajstić information content (AvgIpc) is 2.31. The van der Waals surface area contributed by atoms with E-state index in [9.17, 15) is 0 Å². The van der Waals surface area contributed by atoms with Crippen molar-refractivity contribution in [2.75, 3.05) is 0 Å². The SMILES string of the molecule is C#CCc1cccc(-c2ccccc2)n1. The molecule has 0 bridgehead atoms. The number of aromatic nitrogens is 1. The quantitative estimate of drug-likeness (QED) is 0.668. The smallest absolute Gasteiger partial charge is 0.0705 e. The van der Waals surface area contributed by atoms with Crippen LogP contribution in [0.3, 0.4) is 0 Å². The van der Waals surface area contributed by atoms with Gasteiger partial charge in [0.1, 0.15) is 0 Å². The molecule has 1 aromatic carbocycles. The Labute approximate surface area is 89.8 Å². The van der Waals surface area contributed by atoms with Gasteiger partial charge in [-0.2, -0.15) is 0 Å². The van der Waals surface area contributed by atoms with Gasteiger partial charge in [0.25, 0.3) is 0 Å². The number of benzene rings is 1. The third kappa shape index (κ3) is 2.24. The van der Waals surface area contributed by atoms with Gasteiger partial charge in [-0.05, 0) is 12.1 Å². The van der Waals surface area contributed by atoms with Crippen molar-refractivity contribution < 1.29 is 0 Å². The summed E-state index contributed by atoms with van der Waals surface area (Å²) in [6, 6.07) is 16.0. The number of pyridine rings is 1. The van der Waals surface area contributed by atoms with Gasteiger partial charge in [-0.3, -0.25) is 4.98 Å². The summed E-state index contributed by atoms with van der Waals surface area (Å²) >= 11 is 0. The fourth-order valence-electron chi connectivity index (χ4n) is 1.45. The van der Waals surface area contributed by atoms with Gasteiger partial charge in [0.2, 0.25) is 0 Å². The summed E-state index contributed by atoms with van der Waals surface area (Å²) in [6.45, 7) is 0. The molecule has 0 saturated carbocycles. The molecule has 0 N–H and O–H groups in total. The normalized spacial score (nSPS) is 9.53. The molecule has 0 spiro atoms. The maximum Gasteiger partial charge on any atom is 0.0705 e. The molecule has 0 aliphatic carbocycles. The van der Waals surface area contributed by atoms with Crippen molar-refractivity contribution in [3.8, 4) is 23.6 Å². The van der Waals surface area contributed by atoms with Crippen LogP contribution >= 0.6 is 0 Å². The van der Waals surface area contributed by atoms with Crippen LogP contribution in [0.2, 0.25) is 0 Å². The summed E-state index contributed by atoms with van der Waals surface area (Å²) in [5.41, 5.74) is 3.04. The fourth-order valence-corrected chi connectivity index (χ4v) is 1.45. The second kappa shape index (κ2) is 4.43. The third-order valence-corrected chi connectivity index (χ3v) is 2.16. The van der Waals surface area contributed by atoms with Crippen LogP contribution in [0, 0.1) is 12.3 Å². The first kappa shape index (κ1) is 9.48. The minimum atomic E-state index is 0.584. The van der Waals surface area contributed by atoms with E-state index in [0.717, 1.165) is 17.0 Å². The molecule has 72 valence electrons. The zero-order valence-corrected chi connectivity index (χ0v) is 8.35. The standard InChI is InChI=1S/C14H11N/c1-2-7-13-10-6-11-14(15-13)12-8-4-3-5-9-12/h1,3-6,8-11H,7H2. The first-order chi connectivity index (χ1) is 7.40. The van der Waals surface area contributed by atoms with Crippen LogP contribution in [0.4, 0.5) is 0 Å². The Balaban J connectivity index is 2.38. The summed E-state index contributed by atoms with van der Waals surface area (Å²) in [5, 5.41) is 0. The molecule has 2 aromatic rings. The Bertz CT molecular complexity index is 480. The van der Waals surface area contributed by atoms with Crippen molar-refractivity contribution in [3.63, 3.8) is 0 Å². The lowest BCUT2D eigenvalue weighted by Gasteiger charge is -2.01. The molecule has 0 atom stereocenters. The highest BCUT2D eigenvalue weighted by atomic mass is 14.7. The van der Waals surface area contributed by atoms with E-state index in [1.165, 1.54) is 0 Å². The van der Waals surface area contributed by atoms with Gasteiger partial charge in [0.15, 0.2) is 0 Å². The highest BCUT2D eigenvalue weighted by Gasteiger charge is 1.98. The predicted molar refractivity (Wildman–Crippen MR) is 62.2 cm³/mol. The Hall–Kier alpha value is -2.07. The van der Waals surface area contributed by atoms with Gasteiger partial charge in [-0.1, -0.05) is 36.4 Å². The fraction of sp³-hybridized carbons (Fsp3) is 0.0714. The summed E-state index contributed by atoms with van der Waals surface area (Å²) in [7, 11) is 0. The van der Waals surface area contributed by atoms with Gasteiger partial charge in [0.05, 0.1) is 17.8 Å². The van der Waals surface area contributed by atoms with Crippen molar-refractivity contribution in [2.24, 2.45) is 0 Å². The maximum atomic E-state index is 5.26. The molecule has 1 aromatic heterocycles. The molecular formula is C14H11N. The summed E-state index contributed by atoms with van der Waals surface area (Å²) in [6.07, 6.45) is 5.84. The molecule has 15 heavy (non-hydrogen) atoms. The van der Waals surface area contributed by atoms with Crippen molar-refractivity contribution in [3.05, 3.63) is 54.2 Å². The lowest BCUT2D eigenvalue weighted by Crippen LogP contribution is -1.90. The van der Waals surface area contributed by atoms with Gasteiger partial charge in [-0.15, -0.1) is 12.3 Å². The van der Waals surface area contributed by atoms with Crippen LogP contribution in [-0.2, 0) is 6.42 Å². The lowest BCUT2D eigenvalue weighted by atomic mass is 10.1. The van der Waals surface area contributed by atoms with E-state index in [-0.39, 0.29) is 0 Å². The summed E-state index contributed by atoms with van der Waals surface area (Å²) in [4.78, 5) is 4.49. The van der Waals surface area contributed by atoms with Crippen molar-refractivity contribution in [2.45, 2.75) is 6.42 Å². The minimum Gasteiger partial charge on any atom is -0.252 e. The van der Waals surface area contributed by atoms with Crippen LogP contribution in [-0.4, -0.2) is 4.98 Å². The molecule has 0 saturated heterocycles. The van der Waals surface area contributed by atoms with Gasteiger partial charge in [-0.25, -0.2) is 0 Å². The van der Waals surface area contributed by atoms with Crippen LogP contribution < -0.4 is 0 Å². The van der Waals surface area contributed by atoms with Gasteiger partial charge < -0.3 is 0 Å². The molecule has 1 nitrogen and oxygen atoms in total. The van der Waals surface area contributed by atoms with Crippen molar-refractivity contribution in [1.82, 2.24) is 4.98 Å². The van der Waals surface area contributed by atoms with Crippen LogP contribution in [0.15, 0.2) is 48.5 Å². The number of nitrogens with zero attached hydrogens (tertiary/aromatic N) is 1. The Kier molecular flexibility index (Phi) is 2.80. The number of terminal acetylenes is 1. The molecule has 1 heterocycles. The first-order valence-corrected chi connectivity index (χ1v) is 4.85. The molecule has 0 fully saturated rings. The van der Waals surface area contributed by atoms with E-state index in [1.54, 1.807) is 0 Å². The molecule has 0 radical (unpaired) electrons. The molecule has 1 heteroatoms. The highest BCUT2D eigenvalue weighted by Crippen LogP contribution is 2.16. The largest absolute Gasteiger partial charge is 0.252 e. The number of hydrogen-bond acceptors (Lipinski definition) is 1. The average molecular weight is 193 g/mol. The summed E-state index contributed by atoms with van der Waals surface area (Å²) in [5.74, 6) is 2.60. The maximum absolute atomic E-state index is 5.26. The zero-order chi connectivity index (χ0) is 10.5. The molecule has 0 aliphatic rings. The lowest BCUT2D eigenvalue weighted by molar-refractivity contribution is 1.14. The molecule has 0 amide bonds. The molecule has 0 aliphatic heterocycles. The summed E-state index contributed by atoms with van der Waals surface area (Å²) < 4.78 is 0. The molecule has 0 unspecified atom stereocenters. The monoisotopic (exact) mass is 193 g/mol. The second-order valence-electron chi connectivity index (χ2n) is 3.26. The molecule has 2 rings (SSSR count). The van der Waals surface area contributed by atoms with E-state index in [4.69, 9.17) is 6.42 Å². The Morgan fingerprint density at radius 3 is 2.53 bits per heavy atom. The number of rotatable bonds is 2. The third-order valence-electron chi connectivity index (χ3n) is 2.16. The Morgan fingerprint density at radius 1 is 1.00 bits per heavy atom. The van der Waals surface area contributed by atoms with E-state index in [1.807, 2.05) is 48.5 Å². The van der Waals surface area contributed by atoms with E-state index in [0.29, 0.717) is 6.42 Å². The van der Waals surface area contributed by atoms with Crippen molar-refractivity contribution >= 4 is 0 Å².